The molecule has 0 unspecified atom stereocenters. The summed E-state index contributed by atoms with van der Waals surface area (Å²) in [5, 5.41) is 7.66. The van der Waals surface area contributed by atoms with Crippen molar-refractivity contribution in [3.05, 3.63) is 12.2 Å². The normalized spacial score (nSPS) is 12.0. The Morgan fingerprint density at radius 1 is 1.54 bits per heavy atom. The molecule has 0 atom stereocenters. The quantitative estimate of drug-likeness (QED) is 0.700. The molecule has 0 fully saturated rings. The van der Waals surface area contributed by atoms with Crippen molar-refractivity contribution < 1.29 is 4.84 Å². The molecule has 0 aliphatic heterocycles. The maximum Gasteiger partial charge on any atom is 0.148 e. The van der Waals surface area contributed by atoms with Crippen LogP contribution in [0.3, 0.4) is 0 Å². The second-order valence-electron chi connectivity index (χ2n) is 3.89. The molecular formula is C8H16N4O. The predicted molar refractivity (Wildman–Crippen MR) is 48.7 cm³/mol. The van der Waals surface area contributed by atoms with Crippen LogP contribution in [0, 0.1) is 0 Å². The molecule has 1 N–H and O–H groups in total. The topological polar surface area (TPSA) is 52.0 Å². The molecule has 0 saturated carbocycles. The summed E-state index contributed by atoms with van der Waals surface area (Å²) in [6.07, 6.45) is 1.66. The Kier molecular flexibility index (Phi) is 3.00. The first-order valence-corrected chi connectivity index (χ1v) is 4.23. The third kappa shape index (κ3) is 3.52. The van der Waals surface area contributed by atoms with E-state index in [0.717, 1.165) is 5.82 Å². The number of hydrogen-bond donors (Lipinski definition) is 1. The van der Waals surface area contributed by atoms with Gasteiger partial charge in [-0.25, -0.2) is 0 Å². The molecule has 0 aliphatic carbocycles. The highest BCUT2D eigenvalue weighted by atomic mass is 16.7. The van der Waals surface area contributed by atoms with Gasteiger partial charge in [0.15, 0.2) is 0 Å². The maximum absolute atomic E-state index is 5.33. The molecule has 0 bridgehead atoms. The molecule has 5 heteroatoms. The number of nitrogens with one attached hydrogen (secondary N) is 1. The van der Waals surface area contributed by atoms with Gasteiger partial charge < -0.3 is 4.57 Å². The van der Waals surface area contributed by atoms with E-state index < -0.39 is 0 Å². The lowest BCUT2D eigenvalue weighted by Crippen LogP contribution is -2.29. The van der Waals surface area contributed by atoms with Crippen LogP contribution in [0.2, 0.25) is 0 Å². The number of nitrogens with zero attached hydrogens (tertiary/aromatic N) is 3. The lowest BCUT2D eigenvalue weighted by molar-refractivity contribution is -0.0768. The third-order valence-electron chi connectivity index (χ3n) is 1.41. The Balaban J connectivity index is 2.32. The summed E-state index contributed by atoms with van der Waals surface area (Å²) in [6.45, 7) is 6.51. The van der Waals surface area contributed by atoms with E-state index >= 15 is 0 Å². The fraction of sp³-hybridized carbons (Fsp3) is 0.750. The molecule has 0 amide bonds. The maximum atomic E-state index is 5.33. The lowest BCUT2D eigenvalue weighted by Gasteiger charge is -2.18. The average molecular weight is 184 g/mol. The first kappa shape index (κ1) is 10.1. The molecule has 13 heavy (non-hydrogen) atoms. The number of aryl methyl sites for hydroxylation is 1. The van der Waals surface area contributed by atoms with E-state index in [1.165, 1.54) is 0 Å². The Labute approximate surface area is 78.1 Å². The van der Waals surface area contributed by atoms with E-state index in [1.54, 1.807) is 6.33 Å². The monoisotopic (exact) mass is 184 g/mol. The molecular weight excluding hydrogens is 168 g/mol. The molecule has 0 radical (unpaired) electrons. The van der Waals surface area contributed by atoms with Crippen molar-refractivity contribution in [3.8, 4) is 0 Å². The van der Waals surface area contributed by atoms with E-state index in [2.05, 4.69) is 15.7 Å². The minimum atomic E-state index is -0.182. The number of hydroxylamine groups is 1. The van der Waals surface area contributed by atoms with Crippen molar-refractivity contribution in [2.24, 2.45) is 7.05 Å². The molecule has 5 nitrogen and oxygen atoms in total. The third-order valence-corrected chi connectivity index (χ3v) is 1.41. The van der Waals surface area contributed by atoms with Gasteiger partial charge in [-0.3, -0.25) is 4.84 Å². The summed E-state index contributed by atoms with van der Waals surface area (Å²) < 4.78 is 1.85. The largest absolute Gasteiger partial charge is 0.320 e. The van der Waals surface area contributed by atoms with E-state index in [4.69, 9.17) is 4.84 Å². The number of rotatable bonds is 3. The summed E-state index contributed by atoms with van der Waals surface area (Å²) >= 11 is 0. The fourth-order valence-electron chi connectivity index (χ4n) is 0.784. The minimum absolute atomic E-state index is 0.182. The smallest absolute Gasteiger partial charge is 0.148 e. The highest BCUT2D eigenvalue weighted by Gasteiger charge is 2.10. The molecule has 0 spiro atoms. The van der Waals surface area contributed by atoms with E-state index in [0.29, 0.717) is 6.54 Å². The van der Waals surface area contributed by atoms with Crippen molar-refractivity contribution in [2.75, 3.05) is 0 Å². The Morgan fingerprint density at radius 3 is 2.69 bits per heavy atom. The molecule has 1 aromatic rings. The number of aromatic nitrogens is 3. The van der Waals surface area contributed by atoms with Gasteiger partial charge in [-0.1, -0.05) is 0 Å². The standard InChI is InChI=1S/C8H16N4O/c1-8(2,3)13-10-5-7-11-9-6-12(7)4/h6,10H,5H2,1-4H3. The van der Waals surface area contributed by atoms with Crippen LogP contribution < -0.4 is 5.48 Å². The summed E-state index contributed by atoms with van der Waals surface area (Å²) in [5.41, 5.74) is 2.66. The van der Waals surface area contributed by atoms with Crippen molar-refractivity contribution in [2.45, 2.75) is 32.9 Å². The van der Waals surface area contributed by atoms with Crippen LogP contribution in [0.25, 0.3) is 0 Å². The number of hydrogen-bond acceptors (Lipinski definition) is 4. The zero-order chi connectivity index (χ0) is 9.90. The average Bonchev–Trinajstić information content (AvgIpc) is 2.34. The summed E-state index contributed by atoms with van der Waals surface area (Å²) in [7, 11) is 1.90. The van der Waals surface area contributed by atoms with Gasteiger partial charge in [-0.05, 0) is 20.8 Å². The zero-order valence-corrected chi connectivity index (χ0v) is 8.53. The van der Waals surface area contributed by atoms with Crippen LogP contribution in [0.5, 0.6) is 0 Å². The Hall–Kier alpha value is -0.940. The molecule has 74 valence electrons. The van der Waals surface area contributed by atoms with Gasteiger partial charge >= 0.3 is 0 Å². The van der Waals surface area contributed by atoms with Crippen LogP contribution >= 0.6 is 0 Å². The first-order valence-electron chi connectivity index (χ1n) is 4.23. The van der Waals surface area contributed by atoms with Crippen LogP contribution in [0.1, 0.15) is 26.6 Å². The van der Waals surface area contributed by atoms with Gasteiger partial charge in [0.1, 0.15) is 12.2 Å². The summed E-state index contributed by atoms with van der Waals surface area (Å²) in [5.74, 6) is 0.851. The van der Waals surface area contributed by atoms with Gasteiger partial charge in [-0.2, -0.15) is 5.48 Å². The van der Waals surface area contributed by atoms with Crippen molar-refractivity contribution in [1.82, 2.24) is 20.2 Å². The van der Waals surface area contributed by atoms with Gasteiger partial charge in [0.2, 0.25) is 0 Å². The van der Waals surface area contributed by atoms with Crippen molar-refractivity contribution >= 4 is 0 Å². The molecule has 0 saturated heterocycles. The predicted octanol–water partition coefficient (Wildman–Crippen LogP) is 0.635. The van der Waals surface area contributed by atoms with Crippen molar-refractivity contribution in [1.29, 1.82) is 0 Å². The second-order valence-corrected chi connectivity index (χ2v) is 3.89. The van der Waals surface area contributed by atoms with Crippen molar-refractivity contribution in [3.63, 3.8) is 0 Å². The van der Waals surface area contributed by atoms with Crippen LogP contribution in [0.4, 0.5) is 0 Å². The van der Waals surface area contributed by atoms with Gasteiger partial charge in [0.25, 0.3) is 0 Å². The molecule has 1 aromatic heterocycles. The summed E-state index contributed by atoms with van der Waals surface area (Å²) in [4.78, 5) is 5.33. The SMILES string of the molecule is Cn1cnnc1CNOC(C)(C)C. The summed E-state index contributed by atoms with van der Waals surface area (Å²) in [6, 6.07) is 0. The van der Waals surface area contributed by atoms with Crippen LogP contribution in [0.15, 0.2) is 6.33 Å². The fourth-order valence-corrected chi connectivity index (χ4v) is 0.784. The highest BCUT2D eigenvalue weighted by molar-refractivity contribution is 4.81. The molecule has 1 heterocycles. The van der Waals surface area contributed by atoms with E-state index in [1.807, 2.05) is 32.4 Å². The zero-order valence-electron chi connectivity index (χ0n) is 8.53. The van der Waals surface area contributed by atoms with Crippen LogP contribution in [-0.2, 0) is 18.4 Å². The van der Waals surface area contributed by atoms with Crippen LogP contribution in [-0.4, -0.2) is 20.4 Å². The molecule has 1 rings (SSSR count). The minimum Gasteiger partial charge on any atom is -0.320 e. The second kappa shape index (κ2) is 3.85. The van der Waals surface area contributed by atoms with Gasteiger partial charge in [0.05, 0.1) is 12.1 Å². The molecule has 0 aliphatic rings. The Morgan fingerprint density at radius 2 is 2.23 bits per heavy atom. The molecule has 0 aromatic carbocycles. The van der Waals surface area contributed by atoms with E-state index in [-0.39, 0.29) is 5.60 Å². The Bertz CT molecular complexity index is 263. The first-order chi connectivity index (χ1) is 5.99. The van der Waals surface area contributed by atoms with Gasteiger partial charge in [0, 0.05) is 7.05 Å². The van der Waals surface area contributed by atoms with E-state index in [9.17, 15) is 0 Å². The lowest BCUT2D eigenvalue weighted by atomic mass is 10.2. The highest BCUT2D eigenvalue weighted by Crippen LogP contribution is 2.03. The van der Waals surface area contributed by atoms with Gasteiger partial charge in [-0.15, -0.1) is 10.2 Å².